The van der Waals surface area contributed by atoms with Crippen molar-refractivity contribution in [3.8, 4) is 0 Å². The van der Waals surface area contributed by atoms with Crippen molar-refractivity contribution in [1.82, 2.24) is 9.78 Å². The first-order chi connectivity index (χ1) is 9.28. The zero-order valence-corrected chi connectivity index (χ0v) is 12.0. The normalized spacial score (nSPS) is 22.2. The summed E-state index contributed by atoms with van der Waals surface area (Å²) in [5, 5.41) is 4.48. The topological polar surface area (TPSA) is 17.8 Å². The third-order valence-corrected chi connectivity index (χ3v) is 4.65. The Morgan fingerprint density at radius 2 is 2.21 bits per heavy atom. The molecule has 1 aliphatic rings. The van der Waals surface area contributed by atoms with E-state index >= 15 is 0 Å². The number of nitrogens with zero attached hydrogens (tertiary/aromatic N) is 2. The maximum Gasteiger partial charge on any atom is 0.0619 e. The lowest BCUT2D eigenvalue weighted by Crippen LogP contribution is -2.19. The van der Waals surface area contributed by atoms with Gasteiger partial charge in [0.2, 0.25) is 0 Å². The first kappa shape index (κ1) is 12.7. The number of hydrogen-bond donors (Lipinski definition) is 0. The molecule has 19 heavy (non-hydrogen) atoms. The van der Waals surface area contributed by atoms with E-state index in [1.165, 1.54) is 23.1 Å². The molecule has 2 unspecified atom stereocenters. The van der Waals surface area contributed by atoms with Crippen LogP contribution in [0.5, 0.6) is 0 Å². The van der Waals surface area contributed by atoms with Gasteiger partial charge in [0.25, 0.3) is 0 Å². The van der Waals surface area contributed by atoms with Gasteiger partial charge in [-0.3, -0.25) is 4.68 Å². The Morgan fingerprint density at radius 1 is 1.37 bits per heavy atom. The van der Waals surface area contributed by atoms with Crippen LogP contribution in [0.15, 0.2) is 36.7 Å². The van der Waals surface area contributed by atoms with Crippen LogP contribution in [0.3, 0.4) is 0 Å². The van der Waals surface area contributed by atoms with Crippen molar-refractivity contribution in [2.75, 3.05) is 0 Å². The van der Waals surface area contributed by atoms with Gasteiger partial charge in [-0.05, 0) is 48.8 Å². The molecule has 2 atom stereocenters. The molecule has 1 heterocycles. The molecule has 0 bridgehead atoms. The van der Waals surface area contributed by atoms with Crippen molar-refractivity contribution in [2.24, 2.45) is 5.92 Å². The van der Waals surface area contributed by atoms with E-state index in [2.05, 4.69) is 42.5 Å². The number of halogens is 1. The summed E-state index contributed by atoms with van der Waals surface area (Å²) in [4.78, 5) is 0. The van der Waals surface area contributed by atoms with Crippen LogP contribution in [0.25, 0.3) is 0 Å². The summed E-state index contributed by atoms with van der Waals surface area (Å²) in [6, 6.07) is 8.57. The zero-order chi connectivity index (χ0) is 13.2. The van der Waals surface area contributed by atoms with Crippen molar-refractivity contribution in [2.45, 2.75) is 38.1 Å². The smallest absolute Gasteiger partial charge is 0.0619 e. The average Bonchev–Trinajstić information content (AvgIpc) is 2.90. The number of aromatic nitrogens is 2. The highest BCUT2D eigenvalue weighted by atomic mass is 35.5. The fraction of sp³-hybridized carbons (Fsp3) is 0.438. The molecule has 0 fully saturated rings. The van der Waals surface area contributed by atoms with Crippen molar-refractivity contribution in [1.29, 1.82) is 0 Å². The summed E-state index contributed by atoms with van der Waals surface area (Å²) in [6.07, 6.45) is 7.47. The van der Waals surface area contributed by atoms with E-state index in [1.54, 1.807) is 0 Å². The summed E-state index contributed by atoms with van der Waals surface area (Å²) in [6.45, 7) is 3.04. The minimum Gasteiger partial charge on any atom is -0.273 e. The molecule has 0 spiro atoms. The van der Waals surface area contributed by atoms with Gasteiger partial charge in [0.15, 0.2) is 0 Å². The van der Waals surface area contributed by atoms with Gasteiger partial charge in [0.05, 0.1) is 11.6 Å². The first-order valence-corrected chi connectivity index (χ1v) is 7.44. The SMILES string of the molecule is CCn1cc(CC2CCc3ccccc3C2Cl)cn1. The fourth-order valence-electron chi connectivity index (χ4n) is 2.97. The minimum absolute atomic E-state index is 0.134. The Balaban J connectivity index is 1.76. The molecule has 3 rings (SSSR count). The number of rotatable bonds is 3. The average molecular weight is 275 g/mol. The van der Waals surface area contributed by atoms with Gasteiger partial charge in [-0.1, -0.05) is 24.3 Å². The first-order valence-electron chi connectivity index (χ1n) is 7.01. The lowest BCUT2D eigenvalue weighted by atomic mass is 9.81. The second kappa shape index (κ2) is 5.38. The Bertz CT molecular complexity index is 561. The lowest BCUT2D eigenvalue weighted by Gasteiger charge is -2.29. The summed E-state index contributed by atoms with van der Waals surface area (Å²) in [5.41, 5.74) is 4.04. The molecule has 1 aliphatic carbocycles. The van der Waals surface area contributed by atoms with Crippen LogP contribution in [0.1, 0.15) is 35.4 Å². The van der Waals surface area contributed by atoms with Crippen molar-refractivity contribution in [3.63, 3.8) is 0 Å². The molecule has 0 saturated carbocycles. The third kappa shape index (κ3) is 2.55. The molecule has 1 aromatic carbocycles. The van der Waals surface area contributed by atoms with E-state index in [4.69, 9.17) is 11.6 Å². The molecule has 2 nitrogen and oxygen atoms in total. The lowest BCUT2D eigenvalue weighted by molar-refractivity contribution is 0.442. The van der Waals surface area contributed by atoms with E-state index in [1.807, 2.05) is 10.9 Å². The van der Waals surface area contributed by atoms with E-state index in [0.717, 1.165) is 19.4 Å². The van der Waals surface area contributed by atoms with Crippen LogP contribution >= 0.6 is 11.6 Å². The molecule has 2 aromatic rings. The summed E-state index contributed by atoms with van der Waals surface area (Å²) in [7, 11) is 0. The number of benzene rings is 1. The van der Waals surface area contributed by atoms with Gasteiger partial charge >= 0.3 is 0 Å². The quantitative estimate of drug-likeness (QED) is 0.774. The number of alkyl halides is 1. The molecule has 0 saturated heterocycles. The highest BCUT2D eigenvalue weighted by Gasteiger charge is 2.27. The number of aryl methyl sites for hydroxylation is 2. The Hall–Kier alpha value is -1.28. The van der Waals surface area contributed by atoms with Crippen molar-refractivity contribution < 1.29 is 0 Å². The maximum atomic E-state index is 6.68. The van der Waals surface area contributed by atoms with E-state index in [9.17, 15) is 0 Å². The largest absolute Gasteiger partial charge is 0.273 e. The van der Waals surface area contributed by atoms with Gasteiger partial charge in [-0.25, -0.2) is 0 Å². The number of fused-ring (bicyclic) bond motifs is 1. The van der Waals surface area contributed by atoms with Gasteiger partial charge in [-0.2, -0.15) is 5.10 Å². The van der Waals surface area contributed by atoms with Gasteiger partial charge in [0.1, 0.15) is 0 Å². The van der Waals surface area contributed by atoms with Gasteiger partial charge in [0, 0.05) is 12.7 Å². The van der Waals surface area contributed by atoms with Crippen LogP contribution in [-0.2, 0) is 19.4 Å². The van der Waals surface area contributed by atoms with Crippen molar-refractivity contribution >= 4 is 11.6 Å². The Morgan fingerprint density at radius 3 is 3.00 bits per heavy atom. The molecule has 3 heteroatoms. The predicted molar refractivity (Wildman–Crippen MR) is 78.5 cm³/mol. The second-order valence-electron chi connectivity index (χ2n) is 5.31. The molecule has 0 amide bonds. The van der Waals surface area contributed by atoms with E-state index < -0.39 is 0 Å². The number of hydrogen-bond acceptors (Lipinski definition) is 1. The van der Waals surface area contributed by atoms with E-state index in [0.29, 0.717) is 5.92 Å². The second-order valence-corrected chi connectivity index (χ2v) is 5.78. The molecule has 0 N–H and O–H groups in total. The molecular weight excluding hydrogens is 256 g/mol. The van der Waals surface area contributed by atoms with Gasteiger partial charge < -0.3 is 0 Å². The van der Waals surface area contributed by atoms with Crippen molar-refractivity contribution in [3.05, 3.63) is 53.3 Å². The molecule has 100 valence electrons. The van der Waals surface area contributed by atoms with Crippen LogP contribution < -0.4 is 0 Å². The Labute approximate surface area is 119 Å². The molecular formula is C16H19ClN2. The molecule has 0 radical (unpaired) electrons. The van der Waals surface area contributed by atoms with Crippen LogP contribution in [0.4, 0.5) is 0 Å². The highest BCUT2D eigenvalue weighted by Crippen LogP contribution is 2.40. The fourth-order valence-corrected chi connectivity index (χ4v) is 3.39. The van der Waals surface area contributed by atoms with Gasteiger partial charge in [-0.15, -0.1) is 11.6 Å². The summed E-state index contributed by atoms with van der Waals surface area (Å²) >= 11 is 6.68. The maximum absolute atomic E-state index is 6.68. The van der Waals surface area contributed by atoms with Crippen LogP contribution in [0, 0.1) is 5.92 Å². The predicted octanol–water partition coefficient (Wildman–Crippen LogP) is 3.99. The monoisotopic (exact) mass is 274 g/mol. The summed E-state index contributed by atoms with van der Waals surface area (Å²) < 4.78 is 1.98. The molecule has 0 aliphatic heterocycles. The summed E-state index contributed by atoms with van der Waals surface area (Å²) in [5.74, 6) is 0.520. The zero-order valence-electron chi connectivity index (χ0n) is 11.2. The van der Waals surface area contributed by atoms with Crippen LogP contribution in [0.2, 0.25) is 0 Å². The third-order valence-electron chi connectivity index (χ3n) is 4.06. The minimum atomic E-state index is 0.134. The standard InChI is InChI=1S/C16H19ClN2/c1-2-19-11-12(10-18-19)9-14-8-7-13-5-3-4-6-15(13)16(14)17/h3-6,10-11,14,16H,2,7-9H2,1H3. The van der Waals surface area contributed by atoms with Crippen LogP contribution in [-0.4, -0.2) is 9.78 Å². The highest BCUT2D eigenvalue weighted by molar-refractivity contribution is 6.21. The molecule has 1 aromatic heterocycles. The Kier molecular flexibility index (Phi) is 3.61. The van der Waals surface area contributed by atoms with E-state index in [-0.39, 0.29) is 5.38 Å².